The lowest BCUT2D eigenvalue weighted by Crippen LogP contribution is -2.36. The Bertz CT molecular complexity index is 1310. The lowest BCUT2D eigenvalue weighted by atomic mass is 10.1. The first-order chi connectivity index (χ1) is 16.1. The third kappa shape index (κ3) is 4.23. The van der Waals surface area contributed by atoms with E-state index in [1.165, 1.54) is 6.07 Å². The van der Waals surface area contributed by atoms with Gasteiger partial charge in [-0.3, -0.25) is 14.9 Å². The van der Waals surface area contributed by atoms with E-state index in [0.29, 0.717) is 60.4 Å². The standard InChI is InChI=1S/C23H19N5O5/c29-22(15-6-7-18(19(14-15)28(30)31)27-9-11-32-12-10-27)25-17-4-1-3-16(13-17)23-26-21-20(33-23)5-2-8-24-21/h1-8,13-14H,9-12H2,(H,25,29). The minimum Gasteiger partial charge on any atom is -0.434 e. The average molecular weight is 445 g/mol. The van der Waals surface area contributed by atoms with Gasteiger partial charge in [0.05, 0.1) is 18.1 Å². The Balaban J connectivity index is 1.38. The molecule has 10 heteroatoms. The Kier molecular flexibility index (Phi) is 5.41. The molecule has 4 aromatic rings. The van der Waals surface area contributed by atoms with Gasteiger partial charge in [0.1, 0.15) is 5.69 Å². The molecule has 1 aliphatic heterocycles. The number of oxazole rings is 1. The number of morpholine rings is 1. The van der Waals surface area contributed by atoms with E-state index in [1.54, 1.807) is 48.7 Å². The van der Waals surface area contributed by atoms with Crippen molar-refractivity contribution in [2.75, 3.05) is 36.5 Å². The number of pyridine rings is 1. The summed E-state index contributed by atoms with van der Waals surface area (Å²) in [6, 6.07) is 15.0. The lowest BCUT2D eigenvalue weighted by Gasteiger charge is -2.28. The van der Waals surface area contributed by atoms with Gasteiger partial charge in [0.2, 0.25) is 5.89 Å². The summed E-state index contributed by atoms with van der Waals surface area (Å²) in [4.78, 5) is 34.5. The van der Waals surface area contributed by atoms with Crippen LogP contribution in [-0.2, 0) is 4.74 Å². The van der Waals surface area contributed by atoms with Crippen molar-refractivity contribution in [1.82, 2.24) is 9.97 Å². The molecule has 2 aromatic heterocycles. The fraction of sp³-hybridized carbons (Fsp3) is 0.174. The molecule has 0 unspecified atom stereocenters. The van der Waals surface area contributed by atoms with Gasteiger partial charge in [-0.15, -0.1) is 0 Å². The van der Waals surface area contributed by atoms with E-state index >= 15 is 0 Å². The van der Waals surface area contributed by atoms with Gasteiger partial charge in [-0.1, -0.05) is 6.07 Å². The van der Waals surface area contributed by atoms with Gasteiger partial charge < -0.3 is 19.4 Å². The van der Waals surface area contributed by atoms with E-state index in [4.69, 9.17) is 9.15 Å². The first-order valence-electron chi connectivity index (χ1n) is 10.3. The van der Waals surface area contributed by atoms with Crippen molar-refractivity contribution in [3.05, 3.63) is 76.5 Å². The van der Waals surface area contributed by atoms with Crippen LogP contribution >= 0.6 is 0 Å². The van der Waals surface area contributed by atoms with Gasteiger partial charge in [-0.2, -0.15) is 4.98 Å². The number of nitrogens with zero attached hydrogens (tertiary/aromatic N) is 4. The van der Waals surface area contributed by atoms with Gasteiger partial charge >= 0.3 is 0 Å². The molecule has 33 heavy (non-hydrogen) atoms. The monoisotopic (exact) mass is 445 g/mol. The molecule has 166 valence electrons. The van der Waals surface area contributed by atoms with Gasteiger partial charge in [0.25, 0.3) is 11.6 Å². The van der Waals surface area contributed by atoms with E-state index < -0.39 is 10.8 Å². The predicted molar refractivity (Wildman–Crippen MR) is 121 cm³/mol. The zero-order chi connectivity index (χ0) is 22.8. The average Bonchev–Trinajstić information content (AvgIpc) is 3.29. The summed E-state index contributed by atoms with van der Waals surface area (Å²) in [7, 11) is 0. The molecule has 3 heterocycles. The van der Waals surface area contributed by atoms with Crippen molar-refractivity contribution < 1.29 is 18.9 Å². The maximum Gasteiger partial charge on any atom is 0.293 e. The first kappa shape index (κ1) is 20.6. The number of nitro benzene ring substituents is 1. The van der Waals surface area contributed by atoms with Crippen LogP contribution in [0.15, 0.2) is 65.2 Å². The van der Waals surface area contributed by atoms with Crippen LogP contribution in [0.4, 0.5) is 17.1 Å². The number of carbonyl (C=O) groups is 1. The summed E-state index contributed by atoms with van der Waals surface area (Å²) >= 11 is 0. The van der Waals surface area contributed by atoms with Crippen LogP contribution in [0.1, 0.15) is 10.4 Å². The van der Waals surface area contributed by atoms with Crippen molar-refractivity contribution in [1.29, 1.82) is 0 Å². The van der Waals surface area contributed by atoms with Crippen LogP contribution in [-0.4, -0.2) is 47.1 Å². The van der Waals surface area contributed by atoms with Crippen LogP contribution in [0.5, 0.6) is 0 Å². The molecule has 2 aromatic carbocycles. The summed E-state index contributed by atoms with van der Waals surface area (Å²) in [6.07, 6.45) is 1.63. The number of carbonyl (C=O) groups excluding carboxylic acids is 1. The fourth-order valence-corrected chi connectivity index (χ4v) is 3.71. The Morgan fingerprint density at radius 1 is 1.09 bits per heavy atom. The molecule has 0 bridgehead atoms. The molecule has 0 spiro atoms. The second-order valence-electron chi connectivity index (χ2n) is 7.44. The SMILES string of the molecule is O=C(Nc1cccc(-c2nc3ncccc3o2)c1)c1ccc(N2CCOCC2)c([N+](=O)[O-])c1. The Hall–Kier alpha value is -4.31. The third-order valence-corrected chi connectivity index (χ3v) is 5.32. The van der Waals surface area contributed by atoms with E-state index in [2.05, 4.69) is 15.3 Å². The molecule has 1 amide bonds. The summed E-state index contributed by atoms with van der Waals surface area (Å²) in [6.45, 7) is 2.13. The normalized spacial score (nSPS) is 13.8. The van der Waals surface area contributed by atoms with Crippen molar-refractivity contribution in [2.45, 2.75) is 0 Å². The molecular weight excluding hydrogens is 426 g/mol. The number of benzene rings is 2. The highest BCUT2D eigenvalue weighted by atomic mass is 16.6. The Labute approximate surface area is 188 Å². The predicted octanol–water partition coefficient (Wildman–Crippen LogP) is 3.89. The van der Waals surface area contributed by atoms with Gasteiger partial charge in [-0.25, -0.2) is 4.98 Å². The van der Waals surface area contributed by atoms with Crippen molar-refractivity contribution in [3.8, 4) is 11.5 Å². The second-order valence-corrected chi connectivity index (χ2v) is 7.44. The maximum absolute atomic E-state index is 12.8. The summed E-state index contributed by atoms with van der Waals surface area (Å²) in [5.41, 5.74) is 2.79. The molecule has 0 radical (unpaired) electrons. The van der Waals surface area contributed by atoms with E-state index in [-0.39, 0.29) is 11.3 Å². The Morgan fingerprint density at radius 2 is 1.94 bits per heavy atom. The van der Waals surface area contributed by atoms with Crippen molar-refractivity contribution in [3.63, 3.8) is 0 Å². The van der Waals surface area contributed by atoms with Crippen LogP contribution in [0.25, 0.3) is 22.7 Å². The van der Waals surface area contributed by atoms with Crippen molar-refractivity contribution >= 4 is 34.2 Å². The number of hydrogen-bond donors (Lipinski definition) is 1. The molecule has 0 aliphatic carbocycles. The molecule has 0 atom stereocenters. The zero-order valence-corrected chi connectivity index (χ0v) is 17.4. The highest BCUT2D eigenvalue weighted by Gasteiger charge is 2.23. The zero-order valence-electron chi connectivity index (χ0n) is 17.4. The number of ether oxygens (including phenoxy) is 1. The van der Waals surface area contributed by atoms with Crippen LogP contribution in [0.3, 0.4) is 0 Å². The highest BCUT2D eigenvalue weighted by Crippen LogP contribution is 2.31. The third-order valence-electron chi connectivity index (χ3n) is 5.32. The second kappa shape index (κ2) is 8.67. The molecule has 10 nitrogen and oxygen atoms in total. The quantitative estimate of drug-likeness (QED) is 0.362. The van der Waals surface area contributed by atoms with Crippen LogP contribution in [0.2, 0.25) is 0 Å². The fourth-order valence-electron chi connectivity index (χ4n) is 3.71. The molecule has 0 saturated carbocycles. The minimum absolute atomic E-state index is 0.114. The van der Waals surface area contributed by atoms with Crippen molar-refractivity contribution in [2.24, 2.45) is 0 Å². The van der Waals surface area contributed by atoms with Crippen LogP contribution in [0, 0.1) is 10.1 Å². The van der Waals surface area contributed by atoms with E-state index in [9.17, 15) is 14.9 Å². The van der Waals surface area contributed by atoms with Gasteiger partial charge in [0.15, 0.2) is 11.2 Å². The molecule has 1 N–H and O–H groups in total. The first-order valence-corrected chi connectivity index (χ1v) is 10.3. The number of amides is 1. The molecule has 5 rings (SSSR count). The molecule has 1 saturated heterocycles. The van der Waals surface area contributed by atoms with Crippen LogP contribution < -0.4 is 10.2 Å². The van der Waals surface area contributed by atoms with Gasteiger partial charge in [0, 0.05) is 42.2 Å². The number of fused-ring (bicyclic) bond motifs is 1. The highest BCUT2D eigenvalue weighted by molar-refractivity contribution is 6.05. The largest absolute Gasteiger partial charge is 0.434 e. The van der Waals surface area contributed by atoms with E-state index in [0.717, 1.165) is 0 Å². The lowest BCUT2D eigenvalue weighted by molar-refractivity contribution is -0.384. The summed E-state index contributed by atoms with van der Waals surface area (Å²) in [5.74, 6) is -0.0756. The molecule has 1 aliphatic rings. The minimum atomic E-state index is -0.469. The number of nitrogens with one attached hydrogen (secondary N) is 1. The topological polar surface area (TPSA) is 124 Å². The summed E-state index contributed by atoms with van der Waals surface area (Å²) in [5, 5.41) is 14.5. The number of anilines is 2. The molecular formula is C23H19N5O5. The number of hydrogen-bond acceptors (Lipinski definition) is 8. The Morgan fingerprint density at radius 3 is 2.73 bits per heavy atom. The van der Waals surface area contributed by atoms with E-state index in [1.807, 2.05) is 11.0 Å². The molecule has 1 fully saturated rings. The maximum atomic E-state index is 12.8. The number of nitro groups is 1. The number of aromatic nitrogens is 2. The number of rotatable bonds is 5. The summed E-state index contributed by atoms with van der Waals surface area (Å²) < 4.78 is 11.1. The smallest absolute Gasteiger partial charge is 0.293 e. The van der Waals surface area contributed by atoms with Gasteiger partial charge in [-0.05, 0) is 42.5 Å².